The van der Waals surface area contributed by atoms with Crippen molar-refractivity contribution in [3.63, 3.8) is 0 Å². The Hall–Kier alpha value is -1.97. The van der Waals surface area contributed by atoms with Gasteiger partial charge in [-0.1, -0.05) is 24.3 Å². The van der Waals surface area contributed by atoms with Crippen LogP contribution < -0.4 is 10.1 Å². The number of hydrogen-bond acceptors (Lipinski definition) is 6. The van der Waals surface area contributed by atoms with E-state index in [1.807, 2.05) is 32.0 Å². The van der Waals surface area contributed by atoms with Crippen molar-refractivity contribution in [1.82, 2.24) is 9.62 Å². The van der Waals surface area contributed by atoms with E-state index in [0.717, 1.165) is 15.6 Å². The maximum atomic E-state index is 12.7. The van der Waals surface area contributed by atoms with E-state index in [0.29, 0.717) is 13.2 Å². The smallest absolute Gasteiger partial charge is 0.243 e. The molecule has 1 saturated heterocycles. The summed E-state index contributed by atoms with van der Waals surface area (Å²) in [5, 5.41) is 24.1. The van der Waals surface area contributed by atoms with Crippen LogP contribution in [-0.4, -0.2) is 67.4 Å². The van der Waals surface area contributed by atoms with E-state index in [2.05, 4.69) is 5.32 Å². The fraction of sp³-hybridized carbons (Fsp3) is 0.429. The van der Waals surface area contributed by atoms with E-state index < -0.39 is 21.7 Å². The molecule has 2 aromatic rings. The van der Waals surface area contributed by atoms with Gasteiger partial charge in [0.05, 0.1) is 11.0 Å². The highest BCUT2D eigenvalue weighted by Gasteiger charge is 2.48. The molecule has 3 N–H and O–H groups in total. The number of aliphatic hydroxyl groups is 2. The molecule has 0 amide bonds. The first-order valence-corrected chi connectivity index (χ1v) is 11.0. The van der Waals surface area contributed by atoms with Crippen LogP contribution in [0.4, 0.5) is 0 Å². The molecule has 158 valence electrons. The molecule has 0 spiro atoms. The second kappa shape index (κ2) is 8.81. The lowest BCUT2D eigenvalue weighted by molar-refractivity contribution is -0.0384. The number of ether oxygens (including phenoxy) is 1. The predicted octanol–water partition coefficient (Wildman–Crippen LogP) is 1.07. The summed E-state index contributed by atoms with van der Waals surface area (Å²) >= 11 is 0. The highest BCUT2D eigenvalue weighted by Crippen LogP contribution is 2.27. The van der Waals surface area contributed by atoms with Crippen molar-refractivity contribution >= 4 is 10.0 Å². The van der Waals surface area contributed by atoms with Crippen molar-refractivity contribution in [2.45, 2.75) is 30.4 Å². The Labute approximate surface area is 172 Å². The number of aliphatic hydroxyl groups excluding tert-OH is 1. The number of nitrogens with zero attached hydrogens (tertiary/aromatic N) is 1. The number of sulfonamides is 1. The standard InChI is InChI=1S/C21H28N2O5S/c1-16-8-9-18(12-17(16)2)28-11-10-22-14-21(25)15-23(13-20(21)24)29(26,27)19-6-4-3-5-7-19/h3-9,12,20,22,24-25H,10-11,13-15H2,1-2H3/t20-,21+/m1/s1. The maximum absolute atomic E-state index is 12.7. The molecule has 1 heterocycles. The second-order valence-electron chi connectivity index (χ2n) is 7.50. The molecule has 0 bridgehead atoms. The fourth-order valence-corrected chi connectivity index (χ4v) is 4.82. The molecule has 29 heavy (non-hydrogen) atoms. The topological polar surface area (TPSA) is 99.1 Å². The van der Waals surface area contributed by atoms with Gasteiger partial charge < -0.3 is 20.3 Å². The fourth-order valence-electron chi connectivity index (χ4n) is 3.29. The molecule has 3 rings (SSSR count). The SMILES string of the molecule is Cc1ccc(OCCNC[C@]2(O)CN(S(=O)(=O)c3ccccc3)C[C@H]2O)cc1C. The maximum Gasteiger partial charge on any atom is 0.243 e. The minimum absolute atomic E-state index is 0.0608. The van der Waals surface area contributed by atoms with Crippen LogP contribution in [0.15, 0.2) is 53.4 Å². The lowest BCUT2D eigenvalue weighted by Crippen LogP contribution is -2.50. The highest BCUT2D eigenvalue weighted by atomic mass is 32.2. The Morgan fingerprint density at radius 3 is 2.59 bits per heavy atom. The van der Waals surface area contributed by atoms with Gasteiger partial charge in [0.25, 0.3) is 0 Å². The lowest BCUT2D eigenvalue weighted by Gasteiger charge is -2.26. The van der Waals surface area contributed by atoms with Gasteiger partial charge >= 0.3 is 0 Å². The molecule has 0 saturated carbocycles. The summed E-state index contributed by atoms with van der Waals surface area (Å²) in [5.41, 5.74) is 0.795. The third-order valence-electron chi connectivity index (χ3n) is 5.29. The number of aryl methyl sites for hydroxylation is 2. The lowest BCUT2D eigenvalue weighted by atomic mass is 10.0. The van der Waals surface area contributed by atoms with Gasteiger partial charge in [-0.05, 0) is 49.2 Å². The van der Waals surface area contributed by atoms with E-state index in [9.17, 15) is 18.6 Å². The van der Waals surface area contributed by atoms with Crippen LogP contribution in [0.5, 0.6) is 5.75 Å². The Balaban J connectivity index is 1.51. The molecule has 0 unspecified atom stereocenters. The van der Waals surface area contributed by atoms with Crippen LogP contribution in [0, 0.1) is 13.8 Å². The highest BCUT2D eigenvalue weighted by molar-refractivity contribution is 7.89. The molecule has 0 aliphatic carbocycles. The molecule has 8 heteroatoms. The molecule has 1 aliphatic rings. The van der Waals surface area contributed by atoms with Crippen LogP contribution in [-0.2, 0) is 10.0 Å². The second-order valence-corrected chi connectivity index (χ2v) is 9.44. The van der Waals surface area contributed by atoms with Crippen molar-refractivity contribution in [2.24, 2.45) is 0 Å². The molecule has 2 atom stereocenters. The molecule has 0 aromatic heterocycles. The number of nitrogens with one attached hydrogen (secondary N) is 1. The van der Waals surface area contributed by atoms with E-state index in [-0.39, 0.29) is 24.5 Å². The largest absolute Gasteiger partial charge is 0.492 e. The number of β-amino-alcohol motifs (C(OH)–C–C–N with tert-alkyl or cyclic N) is 2. The Morgan fingerprint density at radius 1 is 1.17 bits per heavy atom. The quantitative estimate of drug-likeness (QED) is 0.553. The normalized spacial score (nSPS) is 22.7. The van der Waals surface area contributed by atoms with Gasteiger partial charge in [0.1, 0.15) is 18.0 Å². The summed E-state index contributed by atoms with van der Waals surface area (Å²) in [5.74, 6) is 0.773. The molecule has 2 aromatic carbocycles. The Morgan fingerprint density at radius 2 is 1.90 bits per heavy atom. The summed E-state index contributed by atoms with van der Waals surface area (Å²) in [7, 11) is -3.76. The van der Waals surface area contributed by atoms with Crippen molar-refractivity contribution in [1.29, 1.82) is 0 Å². The van der Waals surface area contributed by atoms with Crippen LogP contribution in [0.25, 0.3) is 0 Å². The molecule has 0 radical (unpaired) electrons. The van der Waals surface area contributed by atoms with Gasteiger partial charge in [-0.15, -0.1) is 0 Å². The van der Waals surface area contributed by atoms with Gasteiger partial charge in [-0.2, -0.15) is 4.31 Å². The average Bonchev–Trinajstić information content (AvgIpc) is 3.00. The number of rotatable bonds is 8. The first kappa shape index (κ1) is 21.7. The molecule has 1 fully saturated rings. The molecule has 7 nitrogen and oxygen atoms in total. The van der Waals surface area contributed by atoms with Crippen molar-refractivity contribution in [3.05, 3.63) is 59.7 Å². The molecular formula is C21H28N2O5S. The van der Waals surface area contributed by atoms with Gasteiger partial charge in [-0.3, -0.25) is 0 Å². The van der Waals surface area contributed by atoms with Crippen molar-refractivity contribution < 1.29 is 23.4 Å². The summed E-state index contributed by atoms with van der Waals surface area (Å²) < 4.78 is 32.2. The van der Waals surface area contributed by atoms with E-state index in [4.69, 9.17) is 4.74 Å². The summed E-state index contributed by atoms with van der Waals surface area (Å²) in [6.45, 7) is 4.65. The monoisotopic (exact) mass is 420 g/mol. The van der Waals surface area contributed by atoms with Crippen LogP contribution in [0.2, 0.25) is 0 Å². The van der Waals surface area contributed by atoms with Gasteiger partial charge in [-0.25, -0.2) is 8.42 Å². The van der Waals surface area contributed by atoms with Crippen LogP contribution >= 0.6 is 0 Å². The van der Waals surface area contributed by atoms with E-state index in [1.54, 1.807) is 18.2 Å². The van der Waals surface area contributed by atoms with Gasteiger partial charge in [0.15, 0.2) is 0 Å². The minimum Gasteiger partial charge on any atom is -0.492 e. The first-order chi connectivity index (χ1) is 13.7. The molecular weight excluding hydrogens is 392 g/mol. The first-order valence-electron chi connectivity index (χ1n) is 9.59. The summed E-state index contributed by atoms with van der Waals surface area (Å²) in [4.78, 5) is 0.145. The number of benzene rings is 2. The van der Waals surface area contributed by atoms with Crippen LogP contribution in [0.3, 0.4) is 0 Å². The average molecular weight is 421 g/mol. The zero-order chi connectivity index (χ0) is 21.1. The van der Waals surface area contributed by atoms with Gasteiger partial charge in [0, 0.05) is 26.2 Å². The third-order valence-corrected chi connectivity index (χ3v) is 7.11. The summed E-state index contributed by atoms with van der Waals surface area (Å²) in [6.07, 6.45) is -1.17. The third kappa shape index (κ3) is 4.96. The van der Waals surface area contributed by atoms with E-state index in [1.165, 1.54) is 17.7 Å². The van der Waals surface area contributed by atoms with E-state index >= 15 is 0 Å². The van der Waals surface area contributed by atoms with Crippen molar-refractivity contribution in [3.8, 4) is 5.75 Å². The van der Waals surface area contributed by atoms with Crippen LogP contribution in [0.1, 0.15) is 11.1 Å². The van der Waals surface area contributed by atoms with Gasteiger partial charge in [0.2, 0.25) is 10.0 Å². The number of hydrogen-bond donors (Lipinski definition) is 3. The molecule has 1 aliphatic heterocycles. The predicted molar refractivity (Wildman–Crippen MR) is 110 cm³/mol. The summed E-state index contributed by atoms with van der Waals surface area (Å²) in [6, 6.07) is 13.9. The Kier molecular flexibility index (Phi) is 6.60. The minimum atomic E-state index is -3.76. The zero-order valence-electron chi connectivity index (χ0n) is 16.7. The zero-order valence-corrected chi connectivity index (χ0v) is 17.5. The van der Waals surface area contributed by atoms with Crippen molar-refractivity contribution in [2.75, 3.05) is 32.8 Å². The Bertz CT molecular complexity index is 935.